The fourth-order valence-electron chi connectivity index (χ4n) is 6.05. The minimum Gasteiger partial charge on any atom is -0.462 e. The number of carbonyl (C=O) groups excluding carboxylic acids is 2. The maximum atomic E-state index is 13.0. The number of amides is 1. The summed E-state index contributed by atoms with van der Waals surface area (Å²) in [7, 11) is 0. The second-order valence-corrected chi connectivity index (χ2v) is 14.1. The molecule has 0 saturated heterocycles. The molecule has 0 bridgehead atoms. The second kappa shape index (κ2) is 38.8. The lowest BCUT2D eigenvalue weighted by molar-refractivity contribution is -0.151. The van der Waals surface area contributed by atoms with Gasteiger partial charge in [0.15, 0.2) is 0 Å². The molecule has 3 N–H and O–H groups in total. The Balaban J connectivity index is 4.66. The van der Waals surface area contributed by atoms with Crippen molar-refractivity contribution < 1.29 is 24.5 Å². The molecule has 0 aromatic rings. The smallest absolute Gasteiger partial charge is 0.306 e. The van der Waals surface area contributed by atoms with E-state index in [-0.39, 0.29) is 24.9 Å². The summed E-state index contributed by atoms with van der Waals surface area (Å²) in [4.78, 5) is 25.8. The highest BCUT2D eigenvalue weighted by Crippen LogP contribution is 2.17. The third kappa shape index (κ3) is 34.4. The highest BCUT2D eigenvalue weighted by Gasteiger charge is 2.24. The van der Waals surface area contributed by atoms with Crippen molar-refractivity contribution >= 4 is 11.9 Å². The van der Waals surface area contributed by atoms with E-state index in [4.69, 9.17) is 4.74 Å². The Morgan fingerprint density at radius 1 is 0.588 bits per heavy atom. The van der Waals surface area contributed by atoms with Gasteiger partial charge in [-0.3, -0.25) is 9.59 Å². The van der Waals surface area contributed by atoms with Crippen molar-refractivity contribution in [2.75, 3.05) is 6.61 Å². The molecule has 0 rings (SSSR count). The second-order valence-electron chi connectivity index (χ2n) is 14.1. The zero-order chi connectivity index (χ0) is 37.5. The summed E-state index contributed by atoms with van der Waals surface area (Å²) >= 11 is 0. The predicted octanol–water partition coefficient (Wildman–Crippen LogP) is 11.7. The van der Waals surface area contributed by atoms with Crippen molar-refractivity contribution in [2.45, 2.75) is 206 Å². The average Bonchev–Trinajstić information content (AvgIpc) is 3.12. The van der Waals surface area contributed by atoms with Crippen LogP contribution in [0, 0.1) is 0 Å². The van der Waals surface area contributed by atoms with Crippen LogP contribution in [0.4, 0.5) is 0 Å². The minimum atomic E-state index is -0.796. The predicted molar refractivity (Wildman–Crippen MR) is 218 cm³/mol. The first-order valence-electron chi connectivity index (χ1n) is 21.1. The molecule has 0 fully saturated rings. The molecule has 3 atom stereocenters. The maximum Gasteiger partial charge on any atom is 0.306 e. The number of nitrogens with one attached hydrogen (secondary N) is 1. The molecule has 0 aromatic heterocycles. The van der Waals surface area contributed by atoms with Gasteiger partial charge in [0.05, 0.1) is 25.2 Å². The van der Waals surface area contributed by atoms with Gasteiger partial charge in [-0.1, -0.05) is 197 Å². The van der Waals surface area contributed by atoms with E-state index in [9.17, 15) is 19.8 Å². The number of rotatable bonds is 36. The lowest BCUT2D eigenvalue weighted by Gasteiger charge is -2.24. The monoisotopic (exact) mass is 714 g/mol. The summed E-state index contributed by atoms with van der Waals surface area (Å²) in [6.45, 7) is 6.26. The van der Waals surface area contributed by atoms with E-state index in [1.54, 1.807) is 0 Å². The van der Waals surface area contributed by atoms with E-state index in [1.807, 2.05) is 54.7 Å². The number of aliphatic hydroxyl groups is 2. The summed E-state index contributed by atoms with van der Waals surface area (Å²) in [5.74, 6) is -0.570. The summed E-state index contributed by atoms with van der Waals surface area (Å²) in [5.41, 5.74) is 0. The molecule has 0 aliphatic rings. The molecule has 294 valence electrons. The van der Waals surface area contributed by atoms with Crippen LogP contribution in [0.2, 0.25) is 0 Å². The number of aliphatic hydroxyl groups excluding tert-OH is 2. The van der Waals surface area contributed by atoms with E-state index in [0.717, 1.165) is 51.4 Å². The van der Waals surface area contributed by atoms with Crippen LogP contribution in [0.3, 0.4) is 0 Å². The number of unbranched alkanes of at least 4 members (excludes halogenated alkanes) is 18. The van der Waals surface area contributed by atoms with Gasteiger partial charge in [-0.15, -0.1) is 0 Å². The van der Waals surface area contributed by atoms with E-state index < -0.39 is 18.2 Å². The quantitative estimate of drug-likeness (QED) is 0.0341. The van der Waals surface area contributed by atoms with E-state index in [2.05, 4.69) is 32.2 Å². The molecular weight excluding hydrogens is 634 g/mol. The first-order valence-corrected chi connectivity index (χ1v) is 21.1. The highest BCUT2D eigenvalue weighted by molar-refractivity contribution is 5.77. The zero-order valence-corrected chi connectivity index (χ0v) is 33.2. The van der Waals surface area contributed by atoms with Gasteiger partial charge in [-0.25, -0.2) is 0 Å². The molecule has 0 heterocycles. The molecule has 6 heteroatoms. The van der Waals surface area contributed by atoms with Crippen molar-refractivity contribution in [3.8, 4) is 0 Å². The number of ether oxygens (including phenoxy) is 1. The average molecular weight is 714 g/mol. The van der Waals surface area contributed by atoms with Crippen molar-refractivity contribution in [3.05, 3.63) is 60.8 Å². The van der Waals surface area contributed by atoms with Crippen molar-refractivity contribution in [3.63, 3.8) is 0 Å². The highest BCUT2D eigenvalue weighted by atomic mass is 16.5. The van der Waals surface area contributed by atoms with Gasteiger partial charge in [-0.2, -0.15) is 0 Å². The number of allylic oxidation sites excluding steroid dienone is 10. The molecule has 0 spiro atoms. The van der Waals surface area contributed by atoms with Gasteiger partial charge in [0.25, 0.3) is 0 Å². The van der Waals surface area contributed by atoms with Gasteiger partial charge in [-0.05, 0) is 38.5 Å². The normalized spacial score (nSPS) is 14.1. The van der Waals surface area contributed by atoms with E-state index >= 15 is 0 Å². The largest absolute Gasteiger partial charge is 0.462 e. The van der Waals surface area contributed by atoms with Gasteiger partial charge in [0.1, 0.15) is 6.10 Å². The van der Waals surface area contributed by atoms with Crippen LogP contribution in [-0.4, -0.2) is 46.9 Å². The third-order valence-corrected chi connectivity index (χ3v) is 9.24. The molecule has 0 saturated carbocycles. The Labute approximate surface area is 314 Å². The first-order chi connectivity index (χ1) is 25.0. The maximum absolute atomic E-state index is 13.0. The number of esters is 1. The molecule has 1 amide bonds. The van der Waals surface area contributed by atoms with Crippen molar-refractivity contribution in [2.24, 2.45) is 0 Å². The van der Waals surface area contributed by atoms with Gasteiger partial charge in [0, 0.05) is 6.42 Å². The van der Waals surface area contributed by atoms with Crippen LogP contribution in [0.15, 0.2) is 60.8 Å². The van der Waals surface area contributed by atoms with Gasteiger partial charge < -0.3 is 20.3 Å². The fraction of sp³-hybridized carbons (Fsp3) is 0.733. The zero-order valence-electron chi connectivity index (χ0n) is 33.2. The molecule has 51 heavy (non-hydrogen) atoms. The summed E-state index contributed by atoms with van der Waals surface area (Å²) in [6, 6.07) is -0.712. The van der Waals surface area contributed by atoms with Crippen LogP contribution in [0.5, 0.6) is 0 Å². The van der Waals surface area contributed by atoms with Crippen LogP contribution < -0.4 is 5.32 Å². The third-order valence-electron chi connectivity index (χ3n) is 9.24. The first kappa shape index (κ1) is 48.6. The Morgan fingerprint density at radius 3 is 1.53 bits per heavy atom. The lowest BCUT2D eigenvalue weighted by Crippen LogP contribution is -2.46. The van der Waals surface area contributed by atoms with Crippen molar-refractivity contribution in [1.82, 2.24) is 5.32 Å². The number of hydrogen-bond donors (Lipinski definition) is 3. The fourth-order valence-corrected chi connectivity index (χ4v) is 6.05. The summed E-state index contributed by atoms with van der Waals surface area (Å²) in [6.07, 6.45) is 45.7. The Hall–Kier alpha value is -2.44. The minimum absolute atomic E-state index is 0.0478. The van der Waals surface area contributed by atoms with Crippen molar-refractivity contribution in [1.29, 1.82) is 0 Å². The van der Waals surface area contributed by atoms with Gasteiger partial charge >= 0.3 is 5.97 Å². The molecule has 3 unspecified atom stereocenters. The molecule has 0 radical (unpaired) electrons. The lowest BCUT2D eigenvalue weighted by atomic mass is 10.0. The van der Waals surface area contributed by atoms with Crippen LogP contribution >= 0.6 is 0 Å². The topological polar surface area (TPSA) is 95.9 Å². The van der Waals surface area contributed by atoms with Crippen LogP contribution in [0.25, 0.3) is 0 Å². The summed E-state index contributed by atoms with van der Waals surface area (Å²) < 4.78 is 5.82. The van der Waals surface area contributed by atoms with Crippen LogP contribution in [0.1, 0.15) is 188 Å². The van der Waals surface area contributed by atoms with E-state index in [1.165, 1.54) is 83.5 Å². The number of carbonyl (C=O) groups is 2. The number of hydrogen-bond acceptors (Lipinski definition) is 5. The SMILES string of the molecule is CC/C=C/C=C/C=C\C=C/C=C/CCCC(=O)OC(CCCCCCCCCC)CC(=O)NC(CO)C(O)CCCCCCCCCCCCC. The molecule has 0 aromatic carbocycles. The standard InChI is InChI=1S/C45H79NO5/c1-4-7-10-13-16-19-21-22-24-26-29-32-35-38-45(50)51-41(36-33-30-27-18-15-12-9-6-3)39-44(49)46-42(40-47)43(48)37-34-31-28-25-23-20-17-14-11-8-5-2/h7,10,13,16,19,21-22,24,26,29,41-43,47-48H,4-6,8-9,11-12,14-15,17-18,20,23,25,27-28,30-40H2,1-3H3,(H,46,49)/b10-7+,16-13+,21-19-,24-22-,29-26+. The van der Waals surface area contributed by atoms with Gasteiger partial charge in [0.2, 0.25) is 5.91 Å². The molecule has 0 aliphatic heterocycles. The summed E-state index contributed by atoms with van der Waals surface area (Å²) in [5, 5.41) is 23.5. The Bertz CT molecular complexity index is 937. The molecule has 6 nitrogen and oxygen atoms in total. The molecular formula is C45H79NO5. The molecule has 0 aliphatic carbocycles. The Kier molecular flexibility index (Phi) is 36.9. The van der Waals surface area contributed by atoms with E-state index in [0.29, 0.717) is 25.7 Å². The Morgan fingerprint density at radius 2 is 1.04 bits per heavy atom. The van der Waals surface area contributed by atoms with Crippen LogP contribution in [-0.2, 0) is 14.3 Å².